The maximum absolute atomic E-state index is 11.1. The molecule has 0 spiro atoms. The fraction of sp³-hybridized carbons (Fsp3) is 0.412. The van der Waals surface area contributed by atoms with E-state index in [0.29, 0.717) is 5.13 Å². The fourth-order valence-corrected chi connectivity index (χ4v) is 3.86. The molecule has 1 aromatic carbocycles. The van der Waals surface area contributed by atoms with Crippen LogP contribution in [-0.4, -0.2) is 24.0 Å². The Hall–Kier alpha value is -1.88. The zero-order chi connectivity index (χ0) is 15.5. The van der Waals surface area contributed by atoms with Crippen LogP contribution in [0.4, 0.5) is 10.8 Å². The van der Waals surface area contributed by atoms with Crippen molar-refractivity contribution < 1.29 is 4.79 Å². The minimum absolute atomic E-state index is 0.0826. The molecule has 1 aromatic heterocycles. The third-order valence-electron chi connectivity index (χ3n) is 3.93. The van der Waals surface area contributed by atoms with Crippen LogP contribution in [0.25, 0.3) is 10.4 Å². The standard InChI is InChI=1S/C17H21N3OS/c1-12-16(22-17(18-12)19-13(2)21)14-6-8-15(9-7-14)20-10-4-3-5-11-20/h6-9H,3-5,10-11H2,1-2H3,(H,18,19,21). The summed E-state index contributed by atoms with van der Waals surface area (Å²) >= 11 is 1.53. The molecule has 0 saturated carbocycles. The molecule has 0 aliphatic carbocycles. The monoisotopic (exact) mass is 315 g/mol. The highest BCUT2D eigenvalue weighted by Gasteiger charge is 2.13. The summed E-state index contributed by atoms with van der Waals surface area (Å²) in [5.41, 5.74) is 3.42. The molecule has 0 radical (unpaired) electrons. The SMILES string of the molecule is CC(=O)Nc1nc(C)c(-c2ccc(N3CCCCC3)cc2)s1. The Morgan fingerprint density at radius 1 is 1.18 bits per heavy atom. The number of carbonyl (C=O) groups excluding carboxylic acids is 1. The van der Waals surface area contributed by atoms with E-state index in [0.717, 1.165) is 29.2 Å². The lowest BCUT2D eigenvalue weighted by atomic mass is 10.1. The van der Waals surface area contributed by atoms with Gasteiger partial charge in [-0.05, 0) is 43.9 Å². The van der Waals surface area contributed by atoms with Crippen LogP contribution in [0.3, 0.4) is 0 Å². The molecule has 1 aliphatic rings. The summed E-state index contributed by atoms with van der Waals surface area (Å²) in [4.78, 5) is 19.1. The van der Waals surface area contributed by atoms with Crippen molar-refractivity contribution in [3.8, 4) is 10.4 Å². The highest BCUT2D eigenvalue weighted by Crippen LogP contribution is 2.34. The van der Waals surface area contributed by atoms with Gasteiger partial charge in [-0.1, -0.05) is 23.5 Å². The third kappa shape index (κ3) is 3.30. The van der Waals surface area contributed by atoms with Gasteiger partial charge in [-0.25, -0.2) is 4.98 Å². The lowest BCUT2D eigenvalue weighted by molar-refractivity contribution is -0.114. The summed E-state index contributed by atoms with van der Waals surface area (Å²) in [6, 6.07) is 8.69. The molecule has 2 heterocycles. The zero-order valence-electron chi connectivity index (χ0n) is 13.1. The minimum atomic E-state index is -0.0826. The van der Waals surface area contributed by atoms with Gasteiger partial charge in [0.05, 0.1) is 10.6 Å². The first kappa shape index (κ1) is 15.0. The summed E-state index contributed by atoms with van der Waals surface area (Å²) in [6.45, 7) is 5.80. The van der Waals surface area contributed by atoms with Gasteiger partial charge in [-0.2, -0.15) is 0 Å². The van der Waals surface area contributed by atoms with Gasteiger partial charge in [0.2, 0.25) is 5.91 Å². The van der Waals surface area contributed by atoms with E-state index in [1.165, 1.54) is 43.2 Å². The Morgan fingerprint density at radius 3 is 2.50 bits per heavy atom. The number of hydrogen-bond donors (Lipinski definition) is 1. The average Bonchev–Trinajstić information content (AvgIpc) is 2.88. The average molecular weight is 315 g/mol. The number of benzene rings is 1. The van der Waals surface area contributed by atoms with Crippen molar-refractivity contribution in [2.75, 3.05) is 23.3 Å². The number of nitrogens with zero attached hydrogens (tertiary/aromatic N) is 2. The molecule has 1 amide bonds. The molecule has 0 atom stereocenters. The van der Waals surface area contributed by atoms with Crippen molar-refractivity contribution in [2.24, 2.45) is 0 Å². The molecule has 1 fully saturated rings. The molecule has 3 rings (SSSR count). The number of rotatable bonds is 3. The molecular formula is C17H21N3OS. The molecule has 1 aliphatic heterocycles. The molecule has 0 bridgehead atoms. The summed E-state index contributed by atoms with van der Waals surface area (Å²) in [5.74, 6) is -0.0826. The van der Waals surface area contributed by atoms with Crippen LogP contribution in [0.1, 0.15) is 31.9 Å². The maximum Gasteiger partial charge on any atom is 0.223 e. The number of anilines is 2. The van der Waals surface area contributed by atoms with E-state index < -0.39 is 0 Å². The van der Waals surface area contributed by atoms with Crippen LogP contribution in [0.5, 0.6) is 0 Å². The Bertz CT molecular complexity index is 657. The van der Waals surface area contributed by atoms with Gasteiger partial charge in [0.15, 0.2) is 5.13 Å². The van der Waals surface area contributed by atoms with Crippen LogP contribution in [0, 0.1) is 6.92 Å². The van der Waals surface area contributed by atoms with Gasteiger partial charge in [0.25, 0.3) is 0 Å². The Morgan fingerprint density at radius 2 is 1.86 bits per heavy atom. The highest BCUT2D eigenvalue weighted by molar-refractivity contribution is 7.19. The molecule has 5 heteroatoms. The van der Waals surface area contributed by atoms with E-state index in [1.807, 2.05) is 6.92 Å². The van der Waals surface area contributed by atoms with Crippen LogP contribution in [-0.2, 0) is 4.79 Å². The number of piperidine rings is 1. The lowest BCUT2D eigenvalue weighted by Gasteiger charge is -2.28. The third-order valence-corrected chi connectivity index (χ3v) is 5.05. The first-order valence-corrected chi connectivity index (χ1v) is 8.55. The Kier molecular flexibility index (Phi) is 4.43. The number of amides is 1. The van der Waals surface area contributed by atoms with Gasteiger partial charge in [-0.3, -0.25) is 4.79 Å². The lowest BCUT2D eigenvalue weighted by Crippen LogP contribution is -2.29. The van der Waals surface area contributed by atoms with Crippen LogP contribution >= 0.6 is 11.3 Å². The van der Waals surface area contributed by atoms with E-state index in [2.05, 4.69) is 39.5 Å². The summed E-state index contributed by atoms with van der Waals surface area (Å²) in [5, 5.41) is 3.43. The first-order chi connectivity index (χ1) is 10.6. The predicted molar refractivity (Wildman–Crippen MR) is 92.7 cm³/mol. The van der Waals surface area contributed by atoms with E-state index in [4.69, 9.17) is 0 Å². The van der Waals surface area contributed by atoms with Gasteiger partial charge < -0.3 is 10.2 Å². The van der Waals surface area contributed by atoms with Crippen LogP contribution in [0.2, 0.25) is 0 Å². The van der Waals surface area contributed by atoms with E-state index >= 15 is 0 Å². The Labute approximate surface area is 135 Å². The fourth-order valence-electron chi connectivity index (χ4n) is 2.84. The van der Waals surface area contributed by atoms with Crippen molar-refractivity contribution in [3.05, 3.63) is 30.0 Å². The predicted octanol–water partition coefficient (Wildman–Crippen LogP) is 4.07. The van der Waals surface area contributed by atoms with E-state index in [9.17, 15) is 4.79 Å². The summed E-state index contributed by atoms with van der Waals surface area (Å²) in [7, 11) is 0. The minimum Gasteiger partial charge on any atom is -0.372 e. The van der Waals surface area contributed by atoms with Crippen molar-refractivity contribution >= 4 is 28.1 Å². The number of aromatic nitrogens is 1. The van der Waals surface area contributed by atoms with Gasteiger partial charge in [0, 0.05) is 25.7 Å². The number of hydrogen-bond acceptors (Lipinski definition) is 4. The highest BCUT2D eigenvalue weighted by atomic mass is 32.1. The van der Waals surface area contributed by atoms with Crippen molar-refractivity contribution in [1.82, 2.24) is 4.98 Å². The molecule has 1 N–H and O–H groups in total. The summed E-state index contributed by atoms with van der Waals surface area (Å²) in [6.07, 6.45) is 3.92. The molecule has 2 aromatic rings. The molecule has 0 unspecified atom stereocenters. The molecular weight excluding hydrogens is 294 g/mol. The Balaban J connectivity index is 1.80. The van der Waals surface area contributed by atoms with Gasteiger partial charge >= 0.3 is 0 Å². The molecule has 4 nitrogen and oxygen atoms in total. The number of nitrogens with one attached hydrogen (secondary N) is 1. The second-order valence-electron chi connectivity index (χ2n) is 5.71. The second-order valence-corrected chi connectivity index (χ2v) is 6.71. The second kappa shape index (κ2) is 6.48. The smallest absolute Gasteiger partial charge is 0.223 e. The van der Waals surface area contributed by atoms with E-state index in [-0.39, 0.29) is 5.91 Å². The normalized spacial score (nSPS) is 14.9. The van der Waals surface area contributed by atoms with Gasteiger partial charge in [-0.15, -0.1) is 0 Å². The quantitative estimate of drug-likeness (QED) is 0.928. The van der Waals surface area contributed by atoms with E-state index in [1.54, 1.807) is 0 Å². The largest absolute Gasteiger partial charge is 0.372 e. The molecule has 116 valence electrons. The van der Waals surface area contributed by atoms with Crippen LogP contribution in [0.15, 0.2) is 24.3 Å². The molecule has 1 saturated heterocycles. The van der Waals surface area contributed by atoms with Crippen LogP contribution < -0.4 is 10.2 Å². The zero-order valence-corrected chi connectivity index (χ0v) is 13.9. The van der Waals surface area contributed by atoms with Crippen molar-refractivity contribution in [3.63, 3.8) is 0 Å². The number of carbonyl (C=O) groups is 1. The topological polar surface area (TPSA) is 45.2 Å². The van der Waals surface area contributed by atoms with Crippen molar-refractivity contribution in [2.45, 2.75) is 33.1 Å². The number of aryl methyl sites for hydroxylation is 1. The number of thiazole rings is 1. The molecule has 22 heavy (non-hydrogen) atoms. The maximum atomic E-state index is 11.1. The first-order valence-electron chi connectivity index (χ1n) is 7.74. The van der Waals surface area contributed by atoms with Crippen molar-refractivity contribution in [1.29, 1.82) is 0 Å². The van der Waals surface area contributed by atoms with Gasteiger partial charge in [0.1, 0.15) is 0 Å². The summed E-state index contributed by atoms with van der Waals surface area (Å²) < 4.78 is 0.